The van der Waals surface area contributed by atoms with Crippen LogP contribution >= 0.6 is 15.9 Å². The number of benzene rings is 1. The maximum Gasteiger partial charge on any atom is 0.417 e. The maximum atomic E-state index is 12.4. The molecule has 1 aromatic carbocycles. The van der Waals surface area contributed by atoms with Gasteiger partial charge < -0.3 is 5.73 Å². The Morgan fingerprint density at radius 1 is 1.25 bits per heavy atom. The summed E-state index contributed by atoms with van der Waals surface area (Å²) in [6.45, 7) is 0. The van der Waals surface area contributed by atoms with Crippen molar-refractivity contribution in [3.63, 3.8) is 0 Å². The van der Waals surface area contributed by atoms with Crippen LogP contribution in [0.1, 0.15) is 5.56 Å². The van der Waals surface area contributed by atoms with Gasteiger partial charge in [-0.1, -0.05) is 15.9 Å². The summed E-state index contributed by atoms with van der Waals surface area (Å²) < 4.78 is 58.7. The number of hydrogen-bond donors (Lipinski definition) is 2. The maximum absolute atomic E-state index is 12.4. The van der Waals surface area contributed by atoms with Crippen molar-refractivity contribution in [3.05, 3.63) is 22.2 Å². The van der Waals surface area contributed by atoms with Gasteiger partial charge in [-0.25, -0.2) is 13.6 Å². The molecule has 0 aliphatic heterocycles. The second-order valence-corrected chi connectivity index (χ2v) is 5.30. The predicted molar refractivity (Wildman–Crippen MR) is 54.9 cm³/mol. The van der Waals surface area contributed by atoms with Crippen molar-refractivity contribution in [3.8, 4) is 0 Å². The number of anilines is 1. The first-order valence-corrected chi connectivity index (χ1v) is 6.06. The lowest BCUT2D eigenvalue weighted by Crippen LogP contribution is -2.16. The summed E-state index contributed by atoms with van der Waals surface area (Å²) in [5.74, 6) is 0. The Bertz CT molecular complexity index is 527. The van der Waals surface area contributed by atoms with E-state index in [1.807, 2.05) is 0 Å². The summed E-state index contributed by atoms with van der Waals surface area (Å²) in [7, 11) is -4.14. The fourth-order valence-corrected chi connectivity index (χ4v) is 2.42. The van der Waals surface area contributed by atoms with E-state index in [1.165, 1.54) is 0 Å². The first-order chi connectivity index (χ1) is 7.03. The van der Waals surface area contributed by atoms with Crippen LogP contribution in [-0.4, -0.2) is 8.42 Å². The zero-order valence-electron chi connectivity index (χ0n) is 7.55. The molecular formula is C7H6BrF3N2O2S. The molecule has 0 unspecified atom stereocenters. The Balaban J connectivity index is 3.52. The van der Waals surface area contributed by atoms with E-state index >= 15 is 0 Å². The molecule has 0 aromatic heterocycles. The van der Waals surface area contributed by atoms with Gasteiger partial charge >= 0.3 is 6.18 Å². The van der Waals surface area contributed by atoms with Crippen LogP contribution in [0.25, 0.3) is 0 Å². The van der Waals surface area contributed by atoms with Crippen LogP contribution < -0.4 is 10.9 Å². The van der Waals surface area contributed by atoms with Gasteiger partial charge in [0.05, 0.1) is 11.3 Å². The van der Waals surface area contributed by atoms with Gasteiger partial charge in [-0.05, 0) is 12.1 Å². The molecule has 1 rings (SSSR count). The van der Waals surface area contributed by atoms with E-state index in [0.29, 0.717) is 6.07 Å². The van der Waals surface area contributed by atoms with Crippen LogP contribution in [0.4, 0.5) is 18.9 Å². The average Bonchev–Trinajstić information content (AvgIpc) is 2.04. The second kappa shape index (κ2) is 3.90. The van der Waals surface area contributed by atoms with Gasteiger partial charge in [-0.15, -0.1) is 0 Å². The first kappa shape index (κ1) is 13.3. The van der Waals surface area contributed by atoms with E-state index in [4.69, 9.17) is 10.9 Å². The summed E-state index contributed by atoms with van der Waals surface area (Å²) in [6.07, 6.45) is -4.62. The molecule has 0 bridgehead atoms. The molecule has 0 atom stereocenters. The number of halogens is 4. The third-order valence-electron chi connectivity index (χ3n) is 1.71. The normalized spacial score (nSPS) is 12.8. The van der Waals surface area contributed by atoms with Crippen LogP contribution in [0, 0.1) is 0 Å². The fraction of sp³-hybridized carbons (Fsp3) is 0.143. The van der Waals surface area contributed by atoms with E-state index in [9.17, 15) is 21.6 Å². The topological polar surface area (TPSA) is 86.2 Å². The Morgan fingerprint density at radius 3 is 2.12 bits per heavy atom. The van der Waals surface area contributed by atoms with Gasteiger partial charge in [0.15, 0.2) is 0 Å². The van der Waals surface area contributed by atoms with Gasteiger partial charge in [0.25, 0.3) is 0 Å². The number of sulfonamides is 1. The van der Waals surface area contributed by atoms with Gasteiger partial charge in [-0.3, -0.25) is 0 Å². The lowest BCUT2D eigenvalue weighted by Gasteiger charge is -2.12. The van der Waals surface area contributed by atoms with Crippen molar-refractivity contribution in [2.24, 2.45) is 5.14 Å². The highest BCUT2D eigenvalue weighted by Crippen LogP contribution is 2.37. The minimum absolute atomic E-state index is 0.432. The molecule has 9 heteroatoms. The molecule has 0 aliphatic rings. The Morgan fingerprint density at radius 2 is 1.75 bits per heavy atom. The Labute approximate surface area is 97.6 Å². The molecule has 0 saturated heterocycles. The van der Waals surface area contributed by atoms with Crippen LogP contribution in [0.15, 0.2) is 21.5 Å². The van der Waals surface area contributed by atoms with Crippen molar-refractivity contribution in [2.75, 3.05) is 5.73 Å². The number of nitrogens with two attached hydrogens (primary N) is 2. The molecule has 16 heavy (non-hydrogen) atoms. The number of hydrogen-bond acceptors (Lipinski definition) is 3. The summed E-state index contributed by atoms with van der Waals surface area (Å²) in [5.41, 5.74) is 3.59. The highest BCUT2D eigenvalue weighted by Gasteiger charge is 2.34. The lowest BCUT2D eigenvalue weighted by molar-refractivity contribution is -0.138. The van der Waals surface area contributed by atoms with Crippen LogP contribution in [-0.2, 0) is 16.2 Å². The van der Waals surface area contributed by atoms with E-state index in [2.05, 4.69) is 15.9 Å². The smallest absolute Gasteiger partial charge is 0.398 e. The first-order valence-electron chi connectivity index (χ1n) is 3.72. The lowest BCUT2D eigenvalue weighted by atomic mass is 10.2. The number of primary sulfonamides is 1. The molecule has 1 aromatic rings. The fourth-order valence-electron chi connectivity index (χ4n) is 1.04. The number of rotatable bonds is 1. The van der Waals surface area contributed by atoms with Crippen molar-refractivity contribution < 1.29 is 21.6 Å². The monoisotopic (exact) mass is 318 g/mol. The van der Waals surface area contributed by atoms with Crippen LogP contribution in [0.3, 0.4) is 0 Å². The van der Waals surface area contributed by atoms with Crippen molar-refractivity contribution in [1.82, 2.24) is 0 Å². The van der Waals surface area contributed by atoms with E-state index in [1.54, 1.807) is 0 Å². The largest absolute Gasteiger partial charge is 0.417 e. The van der Waals surface area contributed by atoms with Gasteiger partial charge in [0.1, 0.15) is 4.90 Å². The average molecular weight is 319 g/mol. The highest BCUT2D eigenvalue weighted by atomic mass is 79.9. The summed E-state index contributed by atoms with van der Waals surface area (Å²) in [4.78, 5) is -0.549. The number of nitrogen functional groups attached to an aromatic ring is 1. The molecule has 4 N–H and O–H groups in total. The van der Waals surface area contributed by atoms with Gasteiger partial charge in [0.2, 0.25) is 10.0 Å². The molecular weight excluding hydrogens is 313 g/mol. The van der Waals surface area contributed by atoms with Crippen molar-refractivity contribution >= 4 is 31.6 Å². The SMILES string of the molecule is Nc1cc(C(F)(F)F)c(Br)cc1S(N)(=O)=O. The standard InChI is InChI=1S/C7H6BrF3N2O2S/c8-4-2-6(16(13,14)15)5(12)1-3(4)7(9,10)11/h1-2H,12H2,(H2,13,14,15). The van der Waals surface area contributed by atoms with Crippen LogP contribution in [0.5, 0.6) is 0 Å². The van der Waals surface area contributed by atoms with E-state index in [-0.39, 0.29) is 0 Å². The second-order valence-electron chi connectivity index (χ2n) is 2.91. The van der Waals surface area contributed by atoms with Gasteiger partial charge in [-0.2, -0.15) is 13.2 Å². The molecule has 0 aliphatic carbocycles. The Hall–Kier alpha value is -0.800. The number of alkyl halides is 3. The zero-order chi connectivity index (χ0) is 12.7. The quantitative estimate of drug-likeness (QED) is 0.773. The minimum Gasteiger partial charge on any atom is -0.398 e. The van der Waals surface area contributed by atoms with E-state index < -0.39 is 36.8 Å². The molecule has 0 saturated carbocycles. The Kier molecular flexibility index (Phi) is 3.23. The predicted octanol–water partition coefficient (Wildman–Crippen LogP) is 1.70. The van der Waals surface area contributed by atoms with E-state index in [0.717, 1.165) is 6.07 Å². The molecule has 4 nitrogen and oxygen atoms in total. The van der Waals surface area contributed by atoms with Crippen molar-refractivity contribution in [2.45, 2.75) is 11.1 Å². The molecule has 90 valence electrons. The third-order valence-corrected chi connectivity index (χ3v) is 3.33. The van der Waals surface area contributed by atoms with Gasteiger partial charge in [0, 0.05) is 4.47 Å². The zero-order valence-corrected chi connectivity index (χ0v) is 9.95. The minimum atomic E-state index is -4.62. The summed E-state index contributed by atoms with van der Waals surface area (Å²) >= 11 is 2.61. The molecule has 0 heterocycles. The third kappa shape index (κ3) is 2.66. The summed E-state index contributed by atoms with van der Waals surface area (Å²) in [6, 6.07) is 1.25. The van der Waals surface area contributed by atoms with Crippen molar-refractivity contribution in [1.29, 1.82) is 0 Å². The highest BCUT2D eigenvalue weighted by molar-refractivity contribution is 9.10. The molecule has 0 spiro atoms. The summed E-state index contributed by atoms with van der Waals surface area (Å²) in [5, 5.41) is 4.78. The molecule has 0 radical (unpaired) electrons. The van der Waals surface area contributed by atoms with Crippen LogP contribution in [0.2, 0.25) is 0 Å². The molecule has 0 amide bonds. The molecule has 0 fully saturated rings.